The quantitative estimate of drug-likeness (QED) is 0.0592. The lowest BCUT2D eigenvalue weighted by Gasteiger charge is -2.45. The van der Waals surface area contributed by atoms with Gasteiger partial charge in [-0.15, -0.1) is 0 Å². The van der Waals surface area contributed by atoms with Crippen LogP contribution in [0.2, 0.25) is 0 Å². The predicted molar refractivity (Wildman–Crippen MR) is 245 cm³/mol. The molecule has 0 radical (unpaired) electrons. The molecule has 1 atom stereocenters. The number of carbonyl (C=O) groups excluding carboxylic acids is 3. The van der Waals surface area contributed by atoms with Gasteiger partial charge >= 0.3 is 0 Å². The molecule has 57 heavy (non-hydrogen) atoms. The minimum absolute atomic E-state index is 0.0329. The van der Waals surface area contributed by atoms with Crippen molar-refractivity contribution in [3.8, 4) is 0 Å². The smallest absolute Gasteiger partial charge is 0.222 e. The van der Waals surface area contributed by atoms with E-state index >= 15 is 0 Å². The molecule has 0 aromatic rings. The number of carbonyl (C=O) groups is 3. The van der Waals surface area contributed by atoms with Crippen LogP contribution in [-0.4, -0.2) is 109 Å². The Morgan fingerprint density at radius 3 is 1.63 bits per heavy atom. The van der Waals surface area contributed by atoms with Gasteiger partial charge in [-0.3, -0.25) is 19.3 Å². The van der Waals surface area contributed by atoms with E-state index in [1.54, 1.807) is 11.8 Å². The topological polar surface area (TPSA) is 100 Å². The SMILES string of the molecule is CCCCCCCCCCCCOCC(CNC(=O)CCSCCN(C(=O)CC)C(C)(C)CN(C)C(C)(C)CNC(=O)CC)OCCCCCCCCCCCC. The minimum atomic E-state index is -0.398. The fourth-order valence-electron chi connectivity index (χ4n) is 7.06. The Hall–Kier alpha value is -1.36. The van der Waals surface area contributed by atoms with Crippen molar-refractivity contribution in [2.45, 2.75) is 220 Å². The van der Waals surface area contributed by atoms with Gasteiger partial charge < -0.3 is 25.0 Å². The number of nitrogens with zero attached hydrogens (tertiary/aromatic N) is 2. The van der Waals surface area contributed by atoms with Crippen molar-refractivity contribution in [2.75, 3.05) is 64.6 Å². The number of hydrogen-bond acceptors (Lipinski definition) is 7. The first-order valence-corrected chi connectivity index (χ1v) is 24.8. The molecule has 0 saturated heterocycles. The van der Waals surface area contributed by atoms with Crippen LogP contribution in [0.25, 0.3) is 0 Å². The summed E-state index contributed by atoms with van der Waals surface area (Å²) in [6.45, 7) is 21.1. The number of likely N-dealkylation sites (N-methyl/N-ethyl adjacent to an activating group) is 1. The van der Waals surface area contributed by atoms with Crippen LogP contribution >= 0.6 is 11.8 Å². The second kappa shape index (κ2) is 36.5. The van der Waals surface area contributed by atoms with Crippen molar-refractivity contribution >= 4 is 29.5 Å². The molecule has 0 rings (SSSR count). The van der Waals surface area contributed by atoms with Crippen LogP contribution in [-0.2, 0) is 23.9 Å². The first-order valence-electron chi connectivity index (χ1n) is 23.7. The number of amides is 3. The van der Waals surface area contributed by atoms with Gasteiger partial charge in [0.1, 0.15) is 0 Å². The van der Waals surface area contributed by atoms with Crippen molar-refractivity contribution in [3.63, 3.8) is 0 Å². The lowest BCUT2D eigenvalue weighted by molar-refractivity contribution is -0.137. The molecule has 0 aliphatic rings. The average molecular weight is 827 g/mol. The Labute approximate surface area is 357 Å². The summed E-state index contributed by atoms with van der Waals surface area (Å²) < 4.78 is 12.4. The van der Waals surface area contributed by atoms with Crippen molar-refractivity contribution < 1.29 is 23.9 Å². The highest BCUT2D eigenvalue weighted by Gasteiger charge is 2.35. The van der Waals surface area contributed by atoms with Crippen molar-refractivity contribution in [2.24, 2.45) is 0 Å². The third kappa shape index (κ3) is 31.2. The van der Waals surface area contributed by atoms with Crippen LogP contribution < -0.4 is 10.6 Å². The Kier molecular flexibility index (Phi) is 35.6. The molecule has 0 aromatic heterocycles. The van der Waals surface area contributed by atoms with Crippen LogP contribution in [0.4, 0.5) is 0 Å². The molecule has 9 nitrogen and oxygen atoms in total. The van der Waals surface area contributed by atoms with E-state index in [0.717, 1.165) is 25.2 Å². The van der Waals surface area contributed by atoms with Gasteiger partial charge in [0.25, 0.3) is 0 Å². The highest BCUT2D eigenvalue weighted by molar-refractivity contribution is 7.99. The number of unbranched alkanes of at least 4 members (excludes halogenated alkanes) is 18. The standard InChI is InChI=1S/C47H94N4O5S/c1-10-14-16-18-20-22-24-26-28-30-34-55-39-42(56-35-31-29-27-25-23-21-19-17-15-11-2)38-48-44(53)32-36-57-37-33-51(45(54)13-4)47(7,8)41-50(9)46(5,6)40-49-43(52)12-3/h42H,10-41H2,1-9H3,(H,48,53)(H,49,52). The fraction of sp³-hybridized carbons (Fsp3) is 0.936. The molecule has 0 heterocycles. The molecule has 2 N–H and O–H groups in total. The van der Waals surface area contributed by atoms with Gasteiger partial charge in [-0.2, -0.15) is 11.8 Å². The summed E-state index contributed by atoms with van der Waals surface area (Å²) in [5.74, 6) is 1.66. The van der Waals surface area contributed by atoms with Crippen LogP contribution in [0.15, 0.2) is 0 Å². The number of rotatable bonds is 41. The first kappa shape index (κ1) is 55.6. The maximum atomic E-state index is 13.1. The van der Waals surface area contributed by atoms with Crippen molar-refractivity contribution in [1.29, 1.82) is 0 Å². The van der Waals surface area contributed by atoms with Gasteiger partial charge in [0.05, 0.1) is 12.7 Å². The molecule has 0 saturated carbocycles. The van der Waals surface area contributed by atoms with E-state index in [4.69, 9.17) is 9.47 Å². The summed E-state index contributed by atoms with van der Waals surface area (Å²) in [6, 6.07) is 0. The maximum Gasteiger partial charge on any atom is 0.222 e. The van der Waals surface area contributed by atoms with Crippen LogP contribution in [0.1, 0.15) is 203 Å². The van der Waals surface area contributed by atoms with Crippen LogP contribution in [0.3, 0.4) is 0 Å². The number of hydrogen-bond donors (Lipinski definition) is 2. The molecular formula is C47H94N4O5S. The third-order valence-corrected chi connectivity index (χ3v) is 12.3. The zero-order valence-corrected chi connectivity index (χ0v) is 39.9. The Bertz CT molecular complexity index is 981. The number of thioether (sulfide) groups is 1. The van der Waals surface area contributed by atoms with Gasteiger partial charge in [-0.1, -0.05) is 143 Å². The van der Waals surface area contributed by atoms with E-state index in [2.05, 4.69) is 64.1 Å². The Morgan fingerprint density at radius 2 is 1.12 bits per heavy atom. The predicted octanol–water partition coefficient (Wildman–Crippen LogP) is 10.7. The molecule has 10 heteroatoms. The summed E-state index contributed by atoms with van der Waals surface area (Å²) in [6.07, 6.45) is 27.2. The average Bonchev–Trinajstić information content (AvgIpc) is 3.18. The first-order chi connectivity index (χ1) is 27.3. The third-order valence-electron chi connectivity index (χ3n) is 11.3. The molecule has 0 aliphatic carbocycles. The molecule has 3 amide bonds. The normalized spacial score (nSPS) is 12.6. The second-order valence-corrected chi connectivity index (χ2v) is 18.8. The van der Waals surface area contributed by atoms with E-state index in [9.17, 15) is 14.4 Å². The number of ether oxygens (including phenoxy) is 2. The molecule has 1 unspecified atom stereocenters. The number of nitrogens with one attached hydrogen (secondary N) is 2. The lowest BCUT2D eigenvalue weighted by atomic mass is 9.96. The highest BCUT2D eigenvalue weighted by Crippen LogP contribution is 2.23. The van der Waals surface area contributed by atoms with Gasteiger partial charge in [0.2, 0.25) is 17.7 Å². The summed E-state index contributed by atoms with van der Waals surface area (Å²) in [7, 11) is 2.06. The summed E-state index contributed by atoms with van der Waals surface area (Å²) >= 11 is 1.71. The van der Waals surface area contributed by atoms with Crippen LogP contribution in [0, 0.1) is 0 Å². The second-order valence-electron chi connectivity index (χ2n) is 17.6. The molecule has 338 valence electrons. The minimum Gasteiger partial charge on any atom is -0.379 e. The summed E-state index contributed by atoms with van der Waals surface area (Å²) in [4.78, 5) is 42.1. The fourth-order valence-corrected chi connectivity index (χ4v) is 7.91. The van der Waals surface area contributed by atoms with Gasteiger partial charge in [0.15, 0.2) is 0 Å². The Balaban J connectivity index is 4.74. The summed E-state index contributed by atoms with van der Waals surface area (Å²) in [5.41, 5.74) is -0.661. The van der Waals surface area contributed by atoms with E-state index < -0.39 is 5.54 Å². The van der Waals surface area contributed by atoms with E-state index in [1.165, 1.54) is 116 Å². The molecule has 0 fully saturated rings. The largest absolute Gasteiger partial charge is 0.379 e. The van der Waals surface area contributed by atoms with Gasteiger partial charge in [0, 0.05) is 81.2 Å². The van der Waals surface area contributed by atoms with Crippen LogP contribution in [0.5, 0.6) is 0 Å². The molecule has 0 bridgehead atoms. The van der Waals surface area contributed by atoms with E-state index in [1.807, 2.05) is 18.7 Å². The van der Waals surface area contributed by atoms with Gasteiger partial charge in [-0.25, -0.2) is 0 Å². The zero-order valence-electron chi connectivity index (χ0n) is 39.0. The molecular weight excluding hydrogens is 733 g/mol. The lowest BCUT2D eigenvalue weighted by Crippen LogP contribution is -2.59. The van der Waals surface area contributed by atoms with Gasteiger partial charge in [-0.05, 0) is 47.6 Å². The molecule has 0 spiro atoms. The van der Waals surface area contributed by atoms with E-state index in [-0.39, 0.29) is 29.4 Å². The molecule has 0 aliphatic heterocycles. The zero-order chi connectivity index (χ0) is 42.6. The Morgan fingerprint density at radius 1 is 0.614 bits per heavy atom. The van der Waals surface area contributed by atoms with Crippen molar-refractivity contribution in [3.05, 3.63) is 0 Å². The molecule has 0 aromatic carbocycles. The van der Waals surface area contributed by atoms with Crippen molar-refractivity contribution in [1.82, 2.24) is 20.4 Å². The van der Waals surface area contributed by atoms with E-state index in [0.29, 0.717) is 64.4 Å². The maximum absolute atomic E-state index is 13.1. The summed E-state index contributed by atoms with van der Waals surface area (Å²) in [5, 5.41) is 6.13. The monoisotopic (exact) mass is 827 g/mol. The highest BCUT2D eigenvalue weighted by atomic mass is 32.2.